The van der Waals surface area contributed by atoms with Crippen LogP contribution in [0, 0.1) is 5.82 Å². The van der Waals surface area contributed by atoms with Crippen molar-refractivity contribution in [2.24, 2.45) is 0 Å². The average Bonchev–Trinajstić information content (AvgIpc) is 3.16. The van der Waals surface area contributed by atoms with E-state index >= 15 is 0 Å². The van der Waals surface area contributed by atoms with E-state index in [-0.39, 0.29) is 11.6 Å². The first-order valence-electron chi connectivity index (χ1n) is 8.41. The number of benzene rings is 2. The van der Waals surface area contributed by atoms with Crippen molar-refractivity contribution < 1.29 is 18.7 Å². The third-order valence-electron chi connectivity index (χ3n) is 3.65. The smallest absolute Gasteiger partial charge is 0.317 e. The van der Waals surface area contributed by atoms with Gasteiger partial charge in [0.05, 0.1) is 11.4 Å². The summed E-state index contributed by atoms with van der Waals surface area (Å²) in [5.41, 5.74) is 1.72. The summed E-state index contributed by atoms with van der Waals surface area (Å²) in [6, 6.07) is 15.4. The number of hydrogen-bond acceptors (Lipinski definition) is 6. The number of esters is 1. The molecule has 1 aromatic heterocycles. The fourth-order valence-corrected chi connectivity index (χ4v) is 3.64. The van der Waals surface area contributed by atoms with Gasteiger partial charge in [0.15, 0.2) is 11.2 Å². The van der Waals surface area contributed by atoms with Crippen LogP contribution in [-0.4, -0.2) is 28.7 Å². The van der Waals surface area contributed by atoms with Crippen LogP contribution in [0.25, 0.3) is 11.3 Å². The maximum atomic E-state index is 12.9. The van der Waals surface area contributed by atoms with Gasteiger partial charge in [-0.3, -0.25) is 14.9 Å². The number of ether oxygens (including phenoxy) is 1. The monoisotopic (exact) mass is 416 g/mol. The van der Waals surface area contributed by atoms with Gasteiger partial charge in [0, 0.05) is 15.8 Å². The molecule has 0 fully saturated rings. The van der Waals surface area contributed by atoms with E-state index in [2.05, 4.69) is 10.3 Å². The molecule has 1 heterocycles. The van der Waals surface area contributed by atoms with Crippen LogP contribution in [0.1, 0.15) is 6.92 Å². The normalized spacial score (nSPS) is 11.6. The summed E-state index contributed by atoms with van der Waals surface area (Å²) in [5.74, 6) is -1.29. The molecule has 28 heavy (non-hydrogen) atoms. The maximum absolute atomic E-state index is 12.9. The first-order chi connectivity index (χ1) is 13.5. The predicted molar refractivity (Wildman–Crippen MR) is 109 cm³/mol. The molecule has 0 spiro atoms. The molecular weight excluding hydrogens is 399 g/mol. The molecule has 0 bridgehead atoms. The van der Waals surface area contributed by atoms with Crippen molar-refractivity contribution in [1.82, 2.24) is 4.98 Å². The van der Waals surface area contributed by atoms with E-state index in [0.29, 0.717) is 5.13 Å². The second-order valence-corrected chi connectivity index (χ2v) is 7.67. The minimum absolute atomic E-state index is 0.0264. The topological polar surface area (TPSA) is 68.3 Å². The van der Waals surface area contributed by atoms with Crippen LogP contribution in [-0.2, 0) is 14.3 Å². The number of anilines is 1. The van der Waals surface area contributed by atoms with Gasteiger partial charge in [-0.1, -0.05) is 30.3 Å². The molecule has 0 radical (unpaired) electrons. The molecule has 0 aliphatic heterocycles. The maximum Gasteiger partial charge on any atom is 0.317 e. The lowest BCUT2D eigenvalue weighted by Crippen LogP contribution is -2.30. The number of thioether (sulfide) groups is 1. The average molecular weight is 416 g/mol. The Kier molecular flexibility index (Phi) is 6.78. The van der Waals surface area contributed by atoms with Crippen molar-refractivity contribution in [2.45, 2.75) is 17.9 Å². The van der Waals surface area contributed by atoms with Crippen LogP contribution in [0.15, 0.2) is 64.9 Å². The summed E-state index contributed by atoms with van der Waals surface area (Å²) in [6.07, 6.45) is -0.953. The van der Waals surface area contributed by atoms with E-state index in [1.54, 1.807) is 12.1 Å². The zero-order valence-electron chi connectivity index (χ0n) is 14.9. The molecule has 0 aliphatic rings. The van der Waals surface area contributed by atoms with E-state index in [4.69, 9.17) is 4.74 Å². The van der Waals surface area contributed by atoms with Crippen LogP contribution in [0.2, 0.25) is 0 Å². The third-order valence-corrected chi connectivity index (χ3v) is 5.39. The summed E-state index contributed by atoms with van der Waals surface area (Å²) in [4.78, 5) is 29.3. The second-order valence-electron chi connectivity index (χ2n) is 5.77. The third kappa shape index (κ3) is 5.64. The highest BCUT2D eigenvalue weighted by Gasteiger charge is 2.19. The molecule has 2 aromatic carbocycles. The predicted octanol–water partition coefficient (Wildman–Crippen LogP) is 4.61. The summed E-state index contributed by atoms with van der Waals surface area (Å²) >= 11 is 2.51. The summed E-state index contributed by atoms with van der Waals surface area (Å²) in [6.45, 7) is 1.50. The second kappa shape index (κ2) is 9.48. The lowest BCUT2D eigenvalue weighted by atomic mass is 10.2. The highest BCUT2D eigenvalue weighted by molar-refractivity contribution is 8.00. The van der Waals surface area contributed by atoms with Crippen molar-refractivity contribution in [3.63, 3.8) is 0 Å². The lowest BCUT2D eigenvalue weighted by Gasteiger charge is -2.12. The van der Waals surface area contributed by atoms with Crippen molar-refractivity contribution >= 4 is 40.1 Å². The van der Waals surface area contributed by atoms with Crippen LogP contribution >= 0.6 is 23.1 Å². The van der Waals surface area contributed by atoms with Crippen molar-refractivity contribution in [3.05, 3.63) is 65.8 Å². The van der Waals surface area contributed by atoms with E-state index in [1.165, 1.54) is 42.2 Å². The van der Waals surface area contributed by atoms with E-state index in [1.807, 2.05) is 35.7 Å². The zero-order chi connectivity index (χ0) is 19.9. The van der Waals surface area contributed by atoms with Crippen LogP contribution in [0.5, 0.6) is 0 Å². The summed E-state index contributed by atoms with van der Waals surface area (Å²) in [5, 5.41) is 4.95. The molecular formula is C20H17FN2O3S2. The SMILES string of the molecule is C[C@@H](OC(=O)CSc1ccc(F)cc1)C(=O)Nc1nc(-c2ccccc2)cs1. The minimum Gasteiger partial charge on any atom is -0.452 e. The Hall–Kier alpha value is -2.71. The van der Waals surface area contributed by atoms with E-state index in [9.17, 15) is 14.0 Å². The molecule has 8 heteroatoms. The summed E-state index contributed by atoms with van der Waals surface area (Å²) in [7, 11) is 0. The van der Waals surface area contributed by atoms with Gasteiger partial charge in [-0.25, -0.2) is 9.37 Å². The highest BCUT2D eigenvalue weighted by atomic mass is 32.2. The van der Waals surface area contributed by atoms with Crippen molar-refractivity contribution in [1.29, 1.82) is 0 Å². The van der Waals surface area contributed by atoms with Gasteiger partial charge in [-0.2, -0.15) is 0 Å². The Balaban J connectivity index is 1.48. The first kappa shape index (κ1) is 20.0. The molecule has 1 N–H and O–H groups in total. The van der Waals surface area contributed by atoms with Crippen LogP contribution in [0.3, 0.4) is 0 Å². The Morgan fingerprint density at radius 3 is 2.61 bits per heavy atom. The molecule has 0 unspecified atom stereocenters. The number of carbonyl (C=O) groups excluding carboxylic acids is 2. The van der Waals surface area contributed by atoms with Gasteiger partial charge in [0.2, 0.25) is 0 Å². The number of halogens is 1. The zero-order valence-corrected chi connectivity index (χ0v) is 16.6. The van der Waals surface area contributed by atoms with Gasteiger partial charge in [0.1, 0.15) is 5.82 Å². The molecule has 0 aliphatic carbocycles. The molecule has 3 rings (SSSR count). The molecule has 3 aromatic rings. The van der Waals surface area contributed by atoms with Gasteiger partial charge >= 0.3 is 5.97 Å². The number of nitrogens with one attached hydrogen (secondary N) is 1. The van der Waals surface area contributed by atoms with Crippen LogP contribution in [0.4, 0.5) is 9.52 Å². The molecule has 144 valence electrons. The molecule has 0 saturated carbocycles. The molecule has 0 saturated heterocycles. The molecule has 1 atom stereocenters. The Morgan fingerprint density at radius 1 is 1.18 bits per heavy atom. The van der Waals surface area contributed by atoms with Crippen molar-refractivity contribution in [3.8, 4) is 11.3 Å². The minimum atomic E-state index is -0.953. The number of carbonyl (C=O) groups is 2. The fraction of sp³-hybridized carbons (Fsp3) is 0.150. The van der Waals surface area contributed by atoms with Crippen molar-refractivity contribution in [2.75, 3.05) is 11.1 Å². The summed E-state index contributed by atoms with van der Waals surface area (Å²) < 4.78 is 18.0. The van der Waals surface area contributed by atoms with Gasteiger partial charge in [-0.05, 0) is 31.2 Å². The Morgan fingerprint density at radius 2 is 1.89 bits per heavy atom. The number of rotatable bonds is 7. The molecule has 5 nitrogen and oxygen atoms in total. The Labute approximate surface area is 170 Å². The fourth-order valence-electron chi connectivity index (χ4n) is 2.24. The number of nitrogens with zero attached hydrogens (tertiary/aromatic N) is 1. The quantitative estimate of drug-likeness (QED) is 0.450. The number of hydrogen-bond donors (Lipinski definition) is 1. The first-order valence-corrected chi connectivity index (χ1v) is 10.3. The number of thiazole rings is 1. The lowest BCUT2D eigenvalue weighted by molar-refractivity contribution is -0.150. The standard InChI is InChI=1S/C20H17FN2O3S2/c1-13(26-18(24)12-27-16-9-7-15(21)8-10-16)19(25)23-20-22-17(11-28-20)14-5-3-2-4-6-14/h2-11,13H,12H2,1H3,(H,22,23,25)/t13-/m1/s1. The van der Waals surface area contributed by atoms with Gasteiger partial charge < -0.3 is 4.74 Å². The largest absolute Gasteiger partial charge is 0.452 e. The van der Waals surface area contributed by atoms with Gasteiger partial charge in [-0.15, -0.1) is 23.1 Å². The number of amides is 1. The molecule has 1 amide bonds. The van der Waals surface area contributed by atoms with Crippen LogP contribution < -0.4 is 5.32 Å². The Bertz CT molecular complexity index is 946. The van der Waals surface area contributed by atoms with E-state index < -0.39 is 18.0 Å². The van der Waals surface area contributed by atoms with E-state index in [0.717, 1.165) is 16.2 Å². The van der Waals surface area contributed by atoms with Gasteiger partial charge in [0.25, 0.3) is 5.91 Å². The number of aromatic nitrogens is 1. The highest BCUT2D eigenvalue weighted by Crippen LogP contribution is 2.25.